The molecule has 1 aliphatic heterocycles. The van der Waals surface area contributed by atoms with Crippen molar-refractivity contribution in [2.24, 2.45) is 11.8 Å². The number of nitrogens with one attached hydrogen (secondary N) is 1. The minimum Gasteiger partial charge on any atom is -0.349 e. The van der Waals surface area contributed by atoms with Crippen LogP contribution in [-0.2, 0) is 12.8 Å². The van der Waals surface area contributed by atoms with Crippen LogP contribution in [0.2, 0.25) is 0 Å². The van der Waals surface area contributed by atoms with Crippen LogP contribution in [0, 0.1) is 18.8 Å². The van der Waals surface area contributed by atoms with Gasteiger partial charge in [-0.3, -0.25) is 14.6 Å². The molecule has 2 aromatic carbocycles. The average molecular weight is 512 g/mol. The Kier molecular flexibility index (Phi) is 8.23. The highest BCUT2D eigenvalue weighted by Gasteiger charge is 2.24. The molecular weight excluding hydrogens is 470 g/mol. The van der Waals surface area contributed by atoms with Gasteiger partial charge in [-0.15, -0.1) is 0 Å². The number of hydrogen-bond donors (Lipinski definition) is 1. The Morgan fingerprint density at radius 2 is 1.74 bits per heavy atom. The molecule has 5 rings (SSSR count). The predicted octanol–water partition coefficient (Wildman–Crippen LogP) is 6.16. The Labute approximate surface area is 227 Å². The largest absolute Gasteiger partial charge is 0.349 e. The van der Waals surface area contributed by atoms with E-state index in [2.05, 4.69) is 27.3 Å². The van der Waals surface area contributed by atoms with Crippen molar-refractivity contribution in [3.8, 4) is 0 Å². The average Bonchev–Trinajstić information content (AvgIpc) is 3.13. The third-order valence-electron chi connectivity index (χ3n) is 8.56. The molecule has 1 saturated carbocycles. The van der Waals surface area contributed by atoms with E-state index in [1.807, 2.05) is 57.2 Å². The standard InChI is InChI=1S/C33H41N3O2/c1-22(2)32(37)27-11-10-25-16-19-36(20-17-26(25)21-27)18-15-24-8-12-28(13-9-24)35-33(38)30-5-4-6-31-29(30)14-7-23(3)34-31/h4-7,10-11,14,21-22,24,28H,8-9,12-13,15-20H2,1-3H3,(H,35,38). The van der Waals surface area contributed by atoms with Crippen LogP contribution >= 0.6 is 0 Å². The molecule has 1 fully saturated rings. The van der Waals surface area contributed by atoms with Crippen molar-refractivity contribution in [2.75, 3.05) is 19.6 Å². The summed E-state index contributed by atoms with van der Waals surface area (Å²) in [6.45, 7) is 9.21. The van der Waals surface area contributed by atoms with Crippen molar-refractivity contribution >= 4 is 22.6 Å². The number of pyridine rings is 1. The summed E-state index contributed by atoms with van der Waals surface area (Å²) in [4.78, 5) is 32.7. The van der Waals surface area contributed by atoms with Gasteiger partial charge in [-0.25, -0.2) is 0 Å². The van der Waals surface area contributed by atoms with E-state index >= 15 is 0 Å². The smallest absolute Gasteiger partial charge is 0.252 e. The molecule has 0 spiro atoms. The van der Waals surface area contributed by atoms with Crippen LogP contribution in [0.15, 0.2) is 48.5 Å². The zero-order chi connectivity index (χ0) is 26.6. The molecule has 1 aliphatic carbocycles. The van der Waals surface area contributed by atoms with Crippen LogP contribution in [-0.4, -0.2) is 47.3 Å². The highest BCUT2D eigenvalue weighted by molar-refractivity contribution is 6.06. The summed E-state index contributed by atoms with van der Waals surface area (Å²) in [5.41, 5.74) is 6.18. The summed E-state index contributed by atoms with van der Waals surface area (Å²) < 4.78 is 0. The molecule has 0 bridgehead atoms. The van der Waals surface area contributed by atoms with Crippen LogP contribution in [0.25, 0.3) is 10.9 Å². The van der Waals surface area contributed by atoms with Gasteiger partial charge in [0.25, 0.3) is 5.91 Å². The maximum atomic E-state index is 13.1. The Balaban J connectivity index is 1.08. The first-order valence-corrected chi connectivity index (χ1v) is 14.4. The first-order valence-electron chi connectivity index (χ1n) is 14.4. The van der Waals surface area contributed by atoms with Crippen LogP contribution < -0.4 is 5.32 Å². The monoisotopic (exact) mass is 511 g/mol. The third-order valence-corrected chi connectivity index (χ3v) is 8.56. The van der Waals surface area contributed by atoms with E-state index < -0.39 is 0 Å². The van der Waals surface area contributed by atoms with E-state index in [0.717, 1.165) is 79.0 Å². The molecule has 1 N–H and O–H groups in total. The van der Waals surface area contributed by atoms with E-state index in [9.17, 15) is 9.59 Å². The Morgan fingerprint density at radius 1 is 0.974 bits per heavy atom. The van der Waals surface area contributed by atoms with Gasteiger partial charge in [0.1, 0.15) is 0 Å². The molecule has 0 saturated heterocycles. The highest BCUT2D eigenvalue weighted by Crippen LogP contribution is 2.28. The second-order valence-corrected chi connectivity index (χ2v) is 11.6. The lowest BCUT2D eigenvalue weighted by Crippen LogP contribution is -2.38. The minimum atomic E-state index is 0.0205. The normalized spacial score (nSPS) is 20.2. The van der Waals surface area contributed by atoms with Gasteiger partial charge >= 0.3 is 0 Å². The fourth-order valence-corrected chi connectivity index (χ4v) is 6.16. The van der Waals surface area contributed by atoms with Crippen LogP contribution in [0.4, 0.5) is 0 Å². The Morgan fingerprint density at radius 3 is 2.50 bits per heavy atom. The minimum absolute atomic E-state index is 0.0205. The number of aromatic nitrogens is 1. The van der Waals surface area contributed by atoms with Crippen molar-refractivity contribution in [1.82, 2.24) is 15.2 Å². The van der Waals surface area contributed by atoms with Crippen molar-refractivity contribution in [3.63, 3.8) is 0 Å². The lowest BCUT2D eigenvalue weighted by Gasteiger charge is -2.31. The number of Topliss-reactive ketones (excluding diaryl/α,β-unsaturated/α-hetero) is 1. The maximum absolute atomic E-state index is 13.1. The lowest BCUT2D eigenvalue weighted by atomic mass is 9.84. The number of carbonyl (C=O) groups excluding carboxylic acids is 2. The van der Waals surface area contributed by atoms with E-state index in [1.165, 1.54) is 30.4 Å². The molecule has 1 aromatic heterocycles. The van der Waals surface area contributed by atoms with Crippen LogP contribution in [0.1, 0.15) is 83.5 Å². The second kappa shape index (κ2) is 11.8. The summed E-state index contributed by atoms with van der Waals surface area (Å²) in [6, 6.07) is 16.4. The van der Waals surface area contributed by atoms with Crippen LogP contribution in [0.3, 0.4) is 0 Å². The van der Waals surface area contributed by atoms with Gasteiger partial charge in [-0.2, -0.15) is 0 Å². The maximum Gasteiger partial charge on any atom is 0.252 e. The molecule has 0 atom stereocenters. The first kappa shape index (κ1) is 26.6. The van der Waals surface area contributed by atoms with E-state index in [4.69, 9.17) is 0 Å². The van der Waals surface area contributed by atoms with Gasteiger partial charge in [-0.05, 0) is 99.7 Å². The molecular formula is C33H41N3O2. The number of amides is 1. The van der Waals surface area contributed by atoms with Gasteiger partial charge < -0.3 is 10.2 Å². The number of aryl methyl sites for hydroxylation is 1. The molecule has 5 nitrogen and oxygen atoms in total. The summed E-state index contributed by atoms with van der Waals surface area (Å²) >= 11 is 0. The molecule has 2 heterocycles. The lowest BCUT2D eigenvalue weighted by molar-refractivity contribution is 0.0918. The zero-order valence-electron chi connectivity index (χ0n) is 23.1. The molecule has 1 amide bonds. The predicted molar refractivity (Wildman–Crippen MR) is 154 cm³/mol. The van der Waals surface area contributed by atoms with Gasteiger partial charge in [0.05, 0.1) is 5.52 Å². The quantitative estimate of drug-likeness (QED) is 0.386. The fourth-order valence-electron chi connectivity index (χ4n) is 6.16. The van der Waals surface area contributed by atoms with Crippen molar-refractivity contribution in [2.45, 2.75) is 71.8 Å². The van der Waals surface area contributed by atoms with Gasteiger partial charge in [0.2, 0.25) is 0 Å². The first-order chi connectivity index (χ1) is 18.4. The number of benzene rings is 2. The number of rotatable bonds is 7. The molecule has 38 heavy (non-hydrogen) atoms. The molecule has 3 aromatic rings. The third kappa shape index (κ3) is 6.15. The Hall–Kier alpha value is -3.05. The van der Waals surface area contributed by atoms with Gasteiger partial charge in [0.15, 0.2) is 5.78 Å². The van der Waals surface area contributed by atoms with Crippen molar-refractivity contribution < 1.29 is 9.59 Å². The summed E-state index contributed by atoms with van der Waals surface area (Å²) in [5.74, 6) is 1.03. The highest BCUT2D eigenvalue weighted by atomic mass is 16.1. The van der Waals surface area contributed by atoms with Gasteiger partial charge in [-0.1, -0.05) is 38.1 Å². The Bertz CT molecular complexity index is 1310. The van der Waals surface area contributed by atoms with Crippen LogP contribution in [0.5, 0.6) is 0 Å². The van der Waals surface area contributed by atoms with Gasteiger partial charge in [0, 0.05) is 47.3 Å². The SMILES string of the molecule is Cc1ccc2c(C(=O)NC3CCC(CCN4CCc5ccc(C(=O)C(C)C)cc5CC4)CC3)cccc2n1. The van der Waals surface area contributed by atoms with E-state index in [-0.39, 0.29) is 23.7 Å². The summed E-state index contributed by atoms with van der Waals surface area (Å²) in [6.07, 6.45) is 7.77. The molecule has 0 unspecified atom stereocenters. The van der Waals surface area contributed by atoms with E-state index in [1.54, 1.807) is 0 Å². The zero-order valence-corrected chi connectivity index (χ0v) is 23.1. The molecule has 5 heteroatoms. The second-order valence-electron chi connectivity index (χ2n) is 11.6. The number of nitrogens with zero attached hydrogens (tertiary/aromatic N) is 2. The summed E-state index contributed by atoms with van der Waals surface area (Å²) in [7, 11) is 0. The fraction of sp³-hybridized carbons (Fsp3) is 0.485. The number of hydrogen-bond acceptors (Lipinski definition) is 4. The topological polar surface area (TPSA) is 62.3 Å². The number of fused-ring (bicyclic) bond motifs is 2. The summed E-state index contributed by atoms with van der Waals surface area (Å²) in [5, 5.41) is 4.23. The number of carbonyl (C=O) groups is 2. The van der Waals surface area contributed by atoms with Crippen molar-refractivity contribution in [1.29, 1.82) is 0 Å². The van der Waals surface area contributed by atoms with E-state index in [0.29, 0.717) is 0 Å². The number of ketones is 1. The molecule has 0 radical (unpaired) electrons. The molecule has 2 aliphatic rings. The molecule has 200 valence electrons. The van der Waals surface area contributed by atoms with Crippen molar-refractivity contribution in [3.05, 3.63) is 76.5 Å².